The van der Waals surface area contributed by atoms with E-state index < -0.39 is 5.97 Å². The summed E-state index contributed by atoms with van der Waals surface area (Å²) in [6.45, 7) is 3.96. The maximum Gasteiger partial charge on any atom is 0.305 e. The van der Waals surface area contributed by atoms with Crippen molar-refractivity contribution in [1.82, 2.24) is 9.88 Å². The summed E-state index contributed by atoms with van der Waals surface area (Å²) in [5.41, 5.74) is 0.559. The standard InChI is InChI=1S/C16H23N3O5S/c1-9(2)15(23)18-16-17-10(8-25-16)4-13(20)19-7-12(24-3)5-11(19)6-14(21)22/h8-9,11-12H,4-7H2,1-3H3,(H,21,22)(H,17,18,23). The molecule has 1 aliphatic heterocycles. The van der Waals surface area contributed by atoms with Gasteiger partial charge in [-0.05, 0) is 6.42 Å². The largest absolute Gasteiger partial charge is 0.481 e. The molecule has 0 saturated carbocycles. The smallest absolute Gasteiger partial charge is 0.305 e. The van der Waals surface area contributed by atoms with Gasteiger partial charge in [-0.2, -0.15) is 0 Å². The van der Waals surface area contributed by atoms with Crippen LogP contribution in [0.5, 0.6) is 0 Å². The van der Waals surface area contributed by atoms with Gasteiger partial charge in [0.1, 0.15) is 0 Å². The van der Waals surface area contributed by atoms with Crippen LogP contribution in [0.25, 0.3) is 0 Å². The van der Waals surface area contributed by atoms with Crippen molar-refractivity contribution in [2.75, 3.05) is 19.0 Å². The Bertz CT molecular complexity index is 645. The Hall–Kier alpha value is -2.00. The number of aromatic nitrogens is 1. The third-order valence-corrected chi connectivity index (χ3v) is 4.89. The number of ether oxygens (including phenoxy) is 1. The van der Waals surface area contributed by atoms with E-state index in [-0.39, 0.29) is 42.7 Å². The van der Waals surface area contributed by atoms with E-state index in [9.17, 15) is 14.4 Å². The molecule has 1 fully saturated rings. The van der Waals surface area contributed by atoms with Crippen LogP contribution in [-0.4, -0.2) is 58.6 Å². The molecule has 9 heteroatoms. The number of thiazole rings is 1. The van der Waals surface area contributed by atoms with Gasteiger partial charge in [0.25, 0.3) is 0 Å². The Kier molecular flexibility index (Phi) is 6.49. The van der Waals surface area contributed by atoms with Gasteiger partial charge in [-0.25, -0.2) is 4.98 Å². The lowest BCUT2D eigenvalue weighted by Gasteiger charge is -2.22. The van der Waals surface area contributed by atoms with E-state index in [4.69, 9.17) is 9.84 Å². The summed E-state index contributed by atoms with van der Waals surface area (Å²) >= 11 is 1.26. The van der Waals surface area contributed by atoms with Gasteiger partial charge >= 0.3 is 5.97 Å². The van der Waals surface area contributed by atoms with E-state index in [1.54, 1.807) is 31.2 Å². The number of amides is 2. The van der Waals surface area contributed by atoms with Crippen molar-refractivity contribution in [2.45, 2.75) is 45.3 Å². The van der Waals surface area contributed by atoms with E-state index >= 15 is 0 Å². The van der Waals surface area contributed by atoms with Gasteiger partial charge in [0.05, 0.1) is 24.6 Å². The summed E-state index contributed by atoms with van der Waals surface area (Å²) in [5, 5.41) is 13.9. The lowest BCUT2D eigenvalue weighted by molar-refractivity contribution is -0.139. The van der Waals surface area contributed by atoms with Gasteiger partial charge in [-0.15, -0.1) is 11.3 Å². The normalized spacial score (nSPS) is 20.1. The Morgan fingerprint density at radius 3 is 2.80 bits per heavy atom. The zero-order valence-corrected chi connectivity index (χ0v) is 15.3. The van der Waals surface area contributed by atoms with Crippen molar-refractivity contribution in [2.24, 2.45) is 5.92 Å². The van der Waals surface area contributed by atoms with Crippen molar-refractivity contribution >= 4 is 34.3 Å². The first kappa shape index (κ1) is 19.3. The van der Waals surface area contributed by atoms with E-state index in [0.717, 1.165) is 0 Å². The fourth-order valence-corrected chi connectivity index (χ4v) is 3.41. The number of methoxy groups -OCH3 is 1. The molecule has 2 heterocycles. The predicted molar refractivity (Wildman–Crippen MR) is 92.5 cm³/mol. The summed E-state index contributed by atoms with van der Waals surface area (Å²) in [4.78, 5) is 41.1. The molecule has 2 N–H and O–H groups in total. The van der Waals surface area contributed by atoms with Crippen LogP contribution in [0.15, 0.2) is 5.38 Å². The number of carboxylic acids is 1. The molecule has 1 aliphatic rings. The highest BCUT2D eigenvalue weighted by atomic mass is 32.1. The Morgan fingerprint density at radius 1 is 1.48 bits per heavy atom. The molecule has 2 rings (SSSR count). The van der Waals surface area contributed by atoms with Gasteiger partial charge < -0.3 is 20.1 Å². The summed E-state index contributed by atoms with van der Waals surface area (Å²) in [7, 11) is 1.56. The summed E-state index contributed by atoms with van der Waals surface area (Å²) in [5.74, 6) is -1.40. The molecule has 2 unspecified atom stereocenters. The molecule has 0 radical (unpaired) electrons. The zero-order valence-electron chi connectivity index (χ0n) is 14.5. The molecular formula is C16H23N3O5S. The summed E-state index contributed by atoms with van der Waals surface area (Å²) in [6.07, 6.45) is 0.338. The van der Waals surface area contributed by atoms with Gasteiger partial charge in [-0.1, -0.05) is 13.8 Å². The number of nitrogens with zero attached hydrogens (tertiary/aromatic N) is 2. The number of carboxylic acid groups (broad SMARTS) is 1. The number of nitrogens with one attached hydrogen (secondary N) is 1. The minimum absolute atomic E-state index is 0.0700. The van der Waals surface area contributed by atoms with Gasteiger partial charge in [0.2, 0.25) is 11.8 Å². The van der Waals surface area contributed by atoms with Crippen LogP contribution in [0.1, 0.15) is 32.4 Å². The van der Waals surface area contributed by atoms with Crippen LogP contribution in [0, 0.1) is 5.92 Å². The Balaban J connectivity index is 1.99. The lowest BCUT2D eigenvalue weighted by atomic mass is 10.1. The second-order valence-electron chi connectivity index (χ2n) is 6.36. The van der Waals surface area contributed by atoms with Crippen molar-refractivity contribution < 1.29 is 24.2 Å². The molecule has 0 aromatic carbocycles. The van der Waals surface area contributed by atoms with E-state index in [1.807, 2.05) is 0 Å². The monoisotopic (exact) mass is 369 g/mol. The van der Waals surface area contributed by atoms with E-state index in [2.05, 4.69) is 10.3 Å². The Morgan fingerprint density at radius 2 is 2.20 bits per heavy atom. The first-order chi connectivity index (χ1) is 11.8. The second-order valence-corrected chi connectivity index (χ2v) is 7.21. The van der Waals surface area contributed by atoms with Crippen LogP contribution in [0.3, 0.4) is 0 Å². The summed E-state index contributed by atoms with van der Waals surface area (Å²) in [6, 6.07) is -0.367. The number of hydrogen-bond acceptors (Lipinski definition) is 6. The van der Waals surface area contributed by atoms with Crippen molar-refractivity contribution in [3.63, 3.8) is 0 Å². The third kappa shape index (κ3) is 5.23. The zero-order chi connectivity index (χ0) is 18.6. The fourth-order valence-electron chi connectivity index (χ4n) is 2.70. The number of rotatable bonds is 7. The first-order valence-corrected chi connectivity index (χ1v) is 8.97. The molecule has 25 heavy (non-hydrogen) atoms. The second kappa shape index (κ2) is 8.39. The van der Waals surface area contributed by atoms with Gasteiger partial charge in [0.15, 0.2) is 5.13 Å². The van der Waals surface area contributed by atoms with Crippen LogP contribution < -0.4 is 5.32 Å². The van der Waals surface area contributed by atoms with Crippen LogP contribution in [0.4, 0.5) is 5.13 Å². The molecule has 0 spiro atoms. The van der Waals surface area contributed by atoms with E-state index in [0.29, 0.717) is 23.8 Å². The van der Waals surface area contributed by atoms with Crippen LogP contribution in [0.2, 0.25) is 0 Å². The minimum Gasteiger partial charge on any atom is -0.481 e. The molecule has 0 bridgehead atoms. The number of hydrogen-bond donors (Lipinski definition) is 2. The quantitative estimate of drug-likeness (QED) is 0.751. The van der Waals surface area contributed by atoms with Crippen molar-refractivity contribution in [3.05, 3.63) is 11.1 Å². The highest BCUT2D eigenvalue weighted by molar-refractivity contribution is 7.13. The maximum atomic E-state index is 12.6. The third-order valence-electron chi connectivity index (χ3n) is 4.08. The van der Waals surface area contributed by atoms with Gasteiger partial charge in [0, 0.05) is 31.0 Å². The average Bonchev–Trinajstić information content (AvgIpc) is 3.13. The molecular weight excluding hydrogens is 346 g/mol. The van der Waals surface area contributed by atoms with Crippen LogP contribution in [-0.2, 0) is 25.5 Å². The molecule has 2 atom stereocenters. The fraction of sp³-hybridized carbons (Fsp3) is 0.625. The van der Waals surface area contributed by atoms with Crippen molar-refractivity contribution in [3.8, 4) is 0 Å². The molecule has 1 saturated heterocycles. The molecule has 138 valence electrons. The molecule has 1 aromatic rings. The highest BCUT2D eigenvalue weighted by Crippen LogP contribution is 2.24. The summed E-state index contributed by atoms with van der Waals surface area (Å²) < 4.78 is 5.28. The molecule has 0 aliphatic carbocycles. The predicted octanol–water partition coefficient (Wildman–Crippen LogP) is 1.37. The number of anilines is 1. The molecule has 2 amide bonds. The number of aliphatic carboxylic acids is 1. The van der Waals surface area contributed by atoms with Gasteiger partial charge in [-0.3, -0.25) is 14.4 Å². The highest BCUT2D eigenvalue weighted by Gasteiger charge is 2.36. The molecule has 1 aromatic heterocycles. The lowest BCUT2D eigenvalue weighted by Crippen LogP contribution is -2.38. The minimum atomic E-state index is -0.938. The molecule has 8 nitrogen and oxygen atoms in total. The van der Waals surface area contributed by atoms with Crippen LogP contribution >= 0.6 is 11.3 Å². The number of carbonyl (C=O) groups is 3. The average molecular weight is 369 g/mol. The SMILES string of the molecule is COC1CC(CC(=O)O)N(C(=O)Cc2csc(NC(=O)C(C)C)n2)C1. The number of carbonyl (C=O) groups excluding carboxylic acids is 2. The number of likely N-dealkylation sites (tertiary alicyclic amines) is 1. The van der Waals surface area contributed by atoms with E-state index in [1.165, 1.54) is 11.3 Å². The maximum absolute atomic E-state index is 12.6. The Labute approximate surface area is 150 Å². The topological polar surface area (TPSA) is 109 Å². The van der Waals surface area contributed by atoms with Crippen molar-refractivity contribution in [1.29, 1.82) is 0 Å². The first-order valence-electron chi connectivity index (χ1n) is 8.09.